The lowest BCUT2D eigenvalue weighted by Gasteiger charge is -2.07. The zero-order chi connectivity index (χ0) is 17.8. The number of aryl methyl sites for hydroxylation is 1. The standard InChI is InChI=1S/C19H18FN3O2/c1-23-10-8-14-11-13(5-6-17(14)23)7-9-21-18(24)19(25)22-16-4-2-3-15(20)12-16/h2-6,8,10-12H,7,9H2,1H3,(H,21,24)(H,22,25). The van der Waals surface area contributed by atoms with Crippen molar-refractivity contribution in [3.8, 4) is 0 Å². The summed E-state index contributed by atoms with van der Waals surface area (Å²) in [6, 6.07) is 13.5. The van der Waals surface area contributed by atoms with Crippen LogP contribution in [-0.2, 0) is 23.1 Å². The molecule has 0 spiro atoms. The number of aromatic nitrogens is 1. The number of fused-ring (bicyclic) bond motifs is 1. The van der Waals surface area contributed by atoms with Crippen LogP contribution in [0.3, 0.4) is 0 Å². The molecular weight excluding hydrogens is 321 g/mol. The van der Waals surface area contributed by atoms with Gasteiger partial charge in [0.15, 0.2) is 0 Å². The van der Waals surface area contributed by atoms with E-state index >= 15 is 0 Å². The van der Waals surface area contributed by atoms with Gasteiger partial charge in [-0.2, -0.15) is 0 Å². The Bertz CT molecular complexity index is 933. The molecule has 0 bridgehead atoms. The van der Waals surface area contributed by atoms with E-state index in [-0.39, 0.29) is 5.69 Å². The molecule has 1 aromatic heterocycles. The van der Waals surface area contributed by atoms with Crippen LogP contribution in [0.4, 0.5) is 10.1 Å². The molecule has 0 fully saturated rings. The molecule has 5 nitrogen and oxygen atoms in total. The molecule has 2 aromatic carbocycles. The minimum Gasteiger partial charge on any atom is -0.351 e. The normalized spacial score (nSPS) is 10.6. The fourth-order valence-corrected chi connectivity index (χ4v) is 2.64. The monoisotopic (exact) mass is 339 g/mol. The van der Waals surface area contributed by atoms with Crippen LogP contribution in [0.5, 0.6) is 0 Å². The predicted octanol–water partition coefficient (Wildman–Crippen LogP) is 2.61. The first-order chi connectivity index (χ1) is 12.0. The van der Waals surface area contributed by atoms with Crippen LogP contribution < -0.4 is 10.6 Å². The first-order valence-electron chi connectivity index (χ1n) is 7.91. The van der Waals surface area contributed by atoms with Crippen molar-refractivity contribution in [2.45, 2.75) is 6.42 Å². The number of amides is 2. The summed E-state index contributed by atoms with van der Waals surface area (Å²) in [6.45, 7) is 0.341. The molecule has 25 heavy (non-hydrogen) atoms. The van der Waals surface area contributed by atoms with E-state index in [0.717, 1.165) is 22.5 Å². The molecule has 0 unspecified atom stereocenters. The lowest BCUT2D eigenvalue weighted by molar-refractivity contribution is -0.136. The Kier molecular flexibility index (Phi) is 4.79. The maximum Gasteiger partial charge on any atom is 0.313 e. The number of carbonyl (C=O) groups excluding carboxylic acids is 2. The Balaban J connectivity index is 1.51. The fourth-order valence-electron chi connectivity index (χ4n) is 2.64. The highest BCUT2D eigenvalue weighted by Gasteiger charge is 2.13. The van der Waals surface area contributed by atoms with Gasteiger partial charge in [0.05, 0.1) is 0 Å². The molecule has 2 amide bonds. The molecule has 0 aliphatic rings. The molecule has 0 aliphatic carbocycles. The second-order valence-electron chi connectivity index (χ2n) is 5.79. The highest BCUT2D eigenvalue weighted by molar-refractivity contribution is 6.39. The number of nitrogens with one attached hydrogen (secondary N) is 2. The average Bonchev–Trinajstić information content (AvgIpc) is 2.95. The van der Waals surface area contributed by atoms with E-state index in [1.165, 1.54) is 18.2 Å². The van der Waals surface area contributed by atoms with Gasteiger partial charge in [-0.3, -0.25) is 9.59 Å². The third-order valence-corrected chi connectivity index (χ3v) is 3.94. The van der Waals surface area contributed by atoms with Crippen LogP contribution in [0.15, 0.2) is 54.7 Å². The van der Waals surface area contributed by atoms with Gasteiger partial charge in [-0.05, 0) is 53.8 Å². The van der Waals surface area contributed by atoms with Crippen LogP contribution in [0.25, 0.3) is 10.9 Å². The smallest absolute Gasteiger partial charge is 0.313 e. The van der Waals surface area contributed by atoms with Gasteiger partial charge < -0.3 is 15.2 Å². The molecule has 2 N–H and O–H groups in total. The van der Waals surface area contributed by atoms with E-state index in [1.54, 1.807) is 0 Å². The first-order valence-corrected chi connectivity index (χ1v) is 7.91. The largest absolute Gasteiger partial charge is 0.351 e. The summed E-state index contributed by atoms with van der Waals surface area (Å²) in [7, 11) is 1.99. The second-order valence-corrected chi connectivity index (χ2v) is 5.79. The number of hydrogen-bond donors (Lipinski definition) is 2. The van der Waals surface area contributed by atoms with Gasteiger partial charge in [0.1, 0.15) is 5.82 Å². The third-order valence-electron chi connectivity index (χ3n) is 3.94. The number of nitrogens with zero attached hydrogens (tertiary/aromatic N) is 1. The van der Waals surface area contributed by atoms with Gasteiger partial charge in [0.2, 0.25) is 0 Å². The Labute approximate surface area is 144 Å². The van der Waals surface area contributed by atoms with Crippen LogP contribution >= 0.6 is 0 Å². The van der Waals surface area contributed by atoms with E-state index in [1.807, 2.05) is 36.0 Å². The lowest BCUT2D eigenvalue weighted by Crippen LogP contribution is -2.36. The van der Waals surface area contributed by atoms with Crippen molar-refractivity contribution in [3.05, 3.63) is 66.1 Å². The Morgan fingerprint density at radius 2 is 1.92 bits per heavy atom. The highest BCUT2D eigenvalue weighted by atomic mass is 19.1. The predicted molar refractivity (Wildman–Crippen MR) is 94.7 cm³/mol. The van der Waals surface area contributed by atoms with Crippen molar-refractivity contribution in [2.75, 3.05) is 11.9 Å². The number of benzene rings is 2. The maximum atomic E-state index is 13.1. The van der Waals surface area contributed by atoms with Crippen molar-refractivity contribution in [1.82, 2.24) is 9.88 Å². The third kappa shape index (κ3) is 4.03. The zero-order valence-corrected chi connectivity index (χ0v) is 13.8. The van der Waals surface area contributed by atoms with E-state index in [0.29, 0.717) is 13.0 Å². The molecule has 1 heterocycles. The molecule has 0 aliphatic heterocycles. The quantitative estimate of drug-likeness (QED) is 0.718. The van der Waals surface area contributed by atoms with Gasteiger partial charge in [0, 0.05) is 31.0 Å². The Morgan fingerprint density at radius 1 is 1.08 bits per heavy atom. The van der Waals surface area contributed by atoms with Gasteiger partial charge >= 0.3 is 11.8 Å². The number of carbonyl (C=O) groups is 2. The fraction of sp³-hybridized carbons (Fsp3) is 0.158. The van der Waals surface area contributed by atoms with Crippen LogP contribution in [-0.4, -0.2) is 22.9 Å². The topological polar surface area (TPSA) is 63.1 Å². The zero-order valence-electron chi connectivity index (χ0n) is 13.8. The van der Waals surface area contributed by atoms with Gasteiger partial charge in [-0.15, -0.1) is 0 Å². The molecule has 0 saturated carbocycles. The molecule has 0 radical (unpaired) electrons. The van der Waals surface area contributed by atoms with E-state index in [9.17, 15) is 14.0 Å². The summed E-state index contributed by atoms with van der Waals surface area (Å²) in [5.74, 6) is -2.04. The number of rotatable bonds is 4. The number of hydrogen-bond acceptors (Lipinski definition) is 2. The molecule has 128 valence electrons. The Hall–Kier alpha value is -3.15. The second kappa shape index (κ2) is 7.17. The SMILES string of the molecule is Cn1ccc2cc(CCNC(=O)C(=O)Nc3cccc(F)c3)ccc21. The summed E-state index contributed by atoms with van der Waals surface area (Å²) < 4.78 is 15.1. The summed E-state index contributed by atoms with van der Waals surface area (Å²) in [4.78, 5) is 23.6. The van der Waals surface area contributed by atoms with Crippen LogP contribution in [0.2, 0.25) is 0 Å². The van der Waals surface area contributed by atoms with E-state index in [2.05, 4.69) is 16.7 Å². The van der Waals surface area contributed by atoms with Crippen molar-refractivity contribution in [3.63, 3.8) is 0 Å². The summed E-state index contributed by atoms with van der Waals surface area (Å²) in [6.07, 6.45) is 2.61. The minimum absolute atomic E-state index is 0.245. The van der Waals surface area contributed by atoms with Gasteiger partial charge in [-0.25, -0.2) is 4.39 Å². The molecule has 0 saturated heterocycles. The molecule has 6 heteroatoms. The van der Waals surface area contributed by atoms with Gasteiger partial charge in [-0.1, -0.05) is 12.1 Å². The molecule has 0 atom stereocenters. The summed E-state index contributed by atoms with van der Waals surface area (Å²) >= 11 is 0. The Morgan fingerprint density at radius 3 is 2.72 bits per heavy atom. The van der Waals surface area contributed by atoms with Crippen molar-refractivity contribution in [1.29, 1.82) is 0 Å². The van der Waals surface area contributed by atoms with Crippen molar-refractivity contribution >= 4 is 28.4 Å². The summed E-state index contributed by atoms with van der Waals surface area (Å²) in [5.41, 5.74) is 2.46. The number of halogens is 1. The van der Waals surface area contributed by atoms with Crippen molar-refractivity contribution in [2.24, 2.45) is 7.05 Å². The van der Waals surface area contributed by atoms with Crippen molar-refractivity contribution < 1.29 is 14.0 Å². The van der Waals surface area contributed by atoms with Crippen LogP contribution in [0, 0.1) is 5.82 Å². The highest BCUT2D eigenvalue weighted by Crippen LogP contribution is 2.16. The molecule has 3 aromatic rings. The first kappa shape index (κ1) is 16.7. The number of anilines is 1. The maximum absolute atomic E-state index is 13.1. The van der Waals surface area contributed by atoms with Gasteiger partial charge in [0.25, 0.3) is 0 Å². The van der Waals surface area contributed by atoms with Crippen LogP contribution in [0.1, 0.15) is 5.56 Å². The lowest BCUT2D eigenvalue weighted by atomic mass is 10.1. The van der Waals surface area contributed by atoms with E-state index < -0.39 is 17.6 Å². The molecule has 3 rings (SSSR count). The van der Waals surface area contributed by atoms with E-state index in [4.69, 9.17) is 0 Å². The summed E-state index contributed by atoms with van der Waals surface area (Å²) in [5, 5.41) is 6.07. The minimum atomic E-state index is -0.816. The average molecular weight is 339 g/mol. The molecular formula is C19H18FN3O2.